The van der Waals surface area contributed by atoms with E-state index in [2.05, 4.69) is 5.43 Å². The zero-order chi connectivity index (χ0) is 14.7. The fraction of sp³-hybridized carbons (Fsp3) is 0.200. The molecule has 20 heavy (non-hydrogen) atoms. The lowest BCUT2D eigenvalue weighted by Gasteiger charge is -2.19. The molecular formula is C15H15ClF2N2. The lowest BCUT2D eigenvalue weighted by Crippen LogP contribution is -2.30. The third-order valence-electron chi connectivity index (χ3n) is 3.24. The lowest BCUT2D eigenvalue weighted by molar-refractivity contribution is 0.543. The molecule has 1 unspecified atom stereocenters. The van der Waals surface area contributed by atoms with Crippen molar-refractivity contribution in [3.8, 4) is 0 Å². The maximum atomic E-state index is 13.3. The summed E-state index contributed by atoms with van der Waals surface area (Å²) in [5.74, 6) is 4.92. The van der Waals surface area contributed by atoms with Gasteiger partial charge in [-0.3, -0.25) is 11.3 Å². The lowest BCUT2D eigenvalue weighted by atomic mass is 9.95. The van der Waals surface area contributed by atoms with E-state index in [1.807, 2.05) is 0 Å². The second-order valence-electron chi connectivity index (χ2n) is 4.66. The Morgan fingerprint density at radius 1 is 1.15 bits per heavy atom. The van der Waals surface area contributed by atoms with E-state index in [9.17, 15) is 8.78 Å². The number of halogens is 3. The number of benzene rings is 2. The molecule has 1 atom stereocenters. The summed E-state index contributed by atoms with van der Waals surface area (Å²) < 4.78 is 26.4. The van der Waals surface area contributed by atoms with Crippen LogP contribution in [-0.2, 0) is 6.42 Å². The highest BCUT2D eigenvalue weighted by Gasteiger charge is 2.15. The minimum atomic E-state index is -0.351. The summed E-state index contributed by atoms with van der Waals surface area (Å²) >= 11 is 6.05. The molecule has 0 aliphatic carbocycles. The Morgan fingerprint density at radius 3 is 2.45 bits per heavy atom. The molecule has 2 aromatic rings. The third kappa shape index (κ3) is 3.33. The van der Waals surface area contributed by atoms with E-state index in [1.54, 1.807) is 13.0 Å². The van der Waals surface area contributed by atoms with Crippen LogP contribution in [0.3, 0.4) is 0 Å². The monoisotopic (exact) mass is 296 g/mol. The maximum absolute atomic E-state index is 13.3. The van der Waals surface area contributed by atoms with Crippen molar-refractivity contribution in [2.24, 2.45) is 5.84 Å². The van der Waals surface area contributed by atoms with E-state index < -0.39 is 0 Å². The minimum Gasteiger partial charge on any atom is -0.271 e. The van der Waals surface area contributed by atoms with Gasteiger partial charge in [-0.1, -0.05) is 17.7 Å². The fourth-order valence-corrected chi connectivity index (χ4v) is 2.40. The molecule has 0 aliphatic rings. The van der Waals surface area contributed by atoms with E-state index in [0.717, 1.165) is 11.1 Å². The van der Waals surface area contributed by atoms with Crippen LogP contribution in [0.5, 0.6) is 0 Å². The first-order valence-corrected chi connectivity index (χ1v) is 6.55. The van der Waals surface area contributed by atoms with Gasteiger partial charge in [0.05, 0.1) is 6.04 Å². The van der Waals surface area contributed by atoms with Crippen molar-refractivity contribution < 1.29 is 8.78 Å². The average Bonchev–Trinajstić information content (AvgIpc) is 2.40. The Hall–Kier alpha value is -1.49. The number of nitrogens with one attached hydrogen (secondary N) is 1. The summed E-state index contributed by atoms with van der Waals surface area (Å²) in [6, 6.07) is 8.41. The van der Waals surface area contributed by atoms with E-state index in [4.69, 9.17) is 17.4 Å². The second-order valence-corrected chi connectivity index (χ2v) is 5.07. The Labute approximate surface area is 121 Å². The Morgan fingerprint density at radius 2 is 1.80 bits per heavy atom. The summed E-state index contributed by atoms with van der Waals surface area (Å²) in [5.41, 5.74) is 4.96. The predicted octanol–water partition coefficient (Wildman–Crippen LogP) is 3.67. The van der Waals surface area contributed by atoms with E-state index >= 15 is 0 Å². The SMILES string of the molecule is Cc1cc(F)ccc1C(Cc1cc(F)ccc1Cl)NN. The van der Waals surface area contributed by atoms with Crippen LogP contribution < -0.4 is 11.3 Å². The van der Waals surface area contributed by atoms with Gasteiger partial charge in [-0.05, 0) is 60.4 Å². The van der Waals surface area contributed by atoms with Gasteiger partial charge < -0.3 is 0 Å². The van der Waals surface area contributed by atoms with Crippen molar-refractivity contribution in [3.63, 3.8) is 0 Å². The minimum absolute atomic E-state index is 0.269. The van der Waals surface area contributed by atoms with Crippen LogP contribution in [0, 0.1) is 18.6 Å². The molecule has 0 aromatic heterocycles. The maximum Gasteiger partial charge on any atom is 0.123 e. The number of hydrogen-bond donors (Lipinski definition) is 2. The molecule has 0 amide bonds. The molecule has 0 saturated heterocycles. The van der Waals surface area contributed by atoms with Gasteiger partial charge in [-0.2, -0.15) is 0 Å². The van der Waals surface area contributed by atoms with Crippen LogP contribution >= 0.6 is 11.6 Å². The zero-order valence-corrected chi connectivity index (χ0v) is 11.7. The smallest absolute Gasteiger partial charge is 0.123 e. The summed E-state index contributed by atoms with van der Waals surface area (Å²) in [7, 11) is 0. The molecule has 0 spiro atoms. The zero-order valence-electron chi connectivity index (χ0n) is 11.0. The third-order valence-corrected chi connectivity index (χ3v) is 3.61. The topological polar surface area (TPSA) is 38.0 Å². The van der Waals surface area contributed by atoms with E-state index in [-0.39, 0.29) is 17.7 Å². The van der Waals surface area contributed by atoms with Crippen LogP contribution in [0.15, 0.2) is 36.4 Å². The number of nitrogens with two attached hydrogens (primary N) is 1. The molecule has 106 valence electrons. The van der Waals surface area contributed by atoms with Crippen molar-refractivity contribution in [2.45, 2.75) is 19.4 Å². The van der Waals surface area contributed by atoms with Gasteiger partial charge in [0.1, 0.15) is 11.6 Å². The summed E-state index contributed by atoms with van der Waals surface area (Å²) in [6.07, 6.45) is 0.416. The highest BCUT2D eigenvalue weighted by Crippen LogP contribution is 2.26. The van der Waals surface area contributed by atoms with Gasteiger partial charge in [-0.25, -0.2) is 8.78 Å². The van der Waals surface area contributed by atoms with Gasteiger partial charge >= 0.3 is 0 Å². The molecule has 3 N–H and O–H groups in total. The average molecular weight is 297 g/mol. The number of aryl methyl sites for hydroxylation is 1. The van der Waals surface area contributed by atoms with Gasteiger partial charge in [0, 0.05) is 5.02 Å². The molecular weight excluding hydrogens is 282 g/mol. The summed E-state index contributed by atoms with van der Waals surface area (Å²) in [5, 5.41) is 0.478. The standard InChI is InChI=1S/C15H15ClF2N2/c1-9-6-11(17)2-4-13(9)15(20-19)8-10-7-12(18)3-5-14(10)16/h2-7,15,20H,8,19H2,1H3. The molecule has 0 aliphatic heterocycles. The molecule has 2 rings (SSSR count). The van der Waals surface area contributed by atoms with Crippen molar-refractivity contribution in [3.05, 3.63) is 69.7 Å². The highest BCUT2D eigenvalue weighted by atomic mass is 35.5. The van der Waals surface area contributed by atoms with Crippen molar-refractivity contribution in [2.75, 3.05) is 0 Å². The van der Waals surface area contributed by atoms with Crippen LogP contribution in [-0.4, -0.2) is 0 Å². The van der Waals surface area contributed by atoms with E-state index in [0.29, 0.717) is 17.0 Å². The number of hydrazine groups is 1. The first-order valence-electron chi connectivity index (χ1n) is 6.17. The Kier molecular flexibility index (Phi) is 4.70. The summed E-state index contributed by atoms with van der Waals surface area (Å²) in [6.45, 7) is 1.80. The van der Waals surface area contributed by atoms with Crippen molar-refractivity contribution in [1.82, 2.24) is 5.43 Å². The molecule has 0 radical (unpaired) electrons. The van der Waals surface area contributed by atoms with Gasteiger partial charge in [-0.15, -0.1) is 0 Å². The Bertz CT molecular complexity index is 617. The first-order chi connectivity index (χ1) is 9.51. The van der Waals surface area contributed by atoms with Crippen molar-refractivity contribution >= 4 is 11.6 Å². The normalized spacial score (nSPS) is 12.4. The molecule has 5 heteroatoms. The quantitative estimate of drug-likeness (QED) is 0.667. The molecule has 2 aromatic carbocycles. The molecule has 0 saturated carbocycles. The summed E-state index contributed by atoms with van der Waals surface area (Å²) in [4.78, 5) is 0. The van der Waals surface area contributed by atoms with Gasteiger partial charge in [0.2, 0.25) is 0 Å². The molecule has 0 bridgehead atoms. The van der Waals surface area contributed by atoms with Gasteiger partial charge in [0.25, 0.3) is 0 Å². The van der Waals surface area contributed by atoms with E-state index in [1.165, 1.54) is 30.3 Å². The molecule has 0 heterocycles. The molecule has 0 fully saturated rings. The first kappa shape index (κ1) is 14.9. The number of hydrogen-bond acceptors (Lipinski definition) is 2. The molecule has 2 nitrogen and oxygen atoms in total. The second kappa shape index (κ2) is 6.31. The van der Waals surface area contributed by atoms with Crippen LogP contribution in [0.4, 0.5) is 8.78 Å². The fourth-order valence-electron chi connectivity index (χ4n) is 2.21. The van der Waals surface area contributed by atoms with Crippen LogP contribution in [0.1, 0.15) is 22.7 Å². The van der Waals surface area contributed by atoms with Crippen LogP contribution in [0.25, 0.3) is 0 Å². The Balaban J connectivity index is 2.31. The van der Waals surface area contributed by atoms with Crippen LogP contribution in [0.2, 0.25) is 5.02 Å². The van der Waals surface area contributed by atoms with Crippen molar-refractivity contribution in [1.29, 1.82) is 0 Å². The largest absolute Gasteiger partial charge is 0.271 e. The predicted molar refractivity (Wildman–Crippen MR) is 76.3 cm³/mol. The highest BCUT2D eigenvalue weighted by molar-refractivity contribution is 6.31. The number of rotatable bonds is 4. The van der Waals surface area contributed by atoms with Gasteiger partial charge in [0.15, 0.2) is 0 Å².